The molecule has 2 aromatic rings. The zero-order valence-corrected chi connectivity index (χ0v) is 14.9. The van der Waals surface area contributed by atoms with E-state index in [9.17, 15) is 9.59 Å². The number of amides is 3. The molecule has 0 aliphatic heterocycles. The van der Waals surface area contributed by atoms with Gasteiger partial charge >= 0.3 is 6.03 Å². The molecule has 2 rings (SSSR count). The fraction of sp³-hybridized carbons (Fsp3) is 0.286. The molecule has 1 heterocycles. The number of aromatic nitrogens is 2. The van der Waals surface area contributed by atoms with Crippen LogP contribution in [0.2, 0.25) is 0 Å². The van der Waals surface area contributed by atoms with Crippen molar-refractivity contribution in [1.82, 2.24) is 20.8 Å². The van der Waals surface area contributed by atoms with Gasteiger partial charge in [-0.2, -0.15) is 0 Å². The molecule has 3 amide bonds. The Balaban J connectivity index is 1.89. The number of carbonyl (C=O) groups excluding carboxylic acids is 2. The first-order valence-corrected chi connectivity index (χ1v) is 8.55. The number of imide groups is 1. The van der Waals surface area contributed by atoms with E-state index in [1.54, 1.807) is 13.8 Å². The molecule has 0 atom stereocenters. The van der Waals surface area contributed by atoms with Gasteiger partial charge in [0.25, 0.3) is 5.22 Å². The van der Waals surface area contributed by atoms with Gasteiger partial charge in [-0.25, -0.2) is 4.79 Å². The number of nitrogens with zero attached hydrogens (tertiary/aromatic N) is 2. The van der Waals surface area contributed by atoms with Crippen LogP contribution in [0.15, 0.2) is 38.4 Å². The molecule has 0 aliphatic rings. The fourth-order valence-corrected chi connectivity index (χ4v) is 2.62. The predicted molar refractivity (Wildman–Crippen MR) is 90.0 cm³/mol. The predicted octanol–water partition coefficient (Wildman–Crippen LogP) is 2.83. The third-order valence-corrected chi connectivity index (χ3v) is 4.02. The van der Waals surface area contributed by atoms with Crippen molar-refractivity contribution in [3.05, 3.63) is 28.7 Å². The lowest BCUT2D eigenvalue weighted by Gasteiger charge is -2.08. The third kappa shape index (κ3) is 5.36. The molecule has 0 unspecified atom stereocenters. The van der Waals surface area contributed by atoms with E-state index >= 15 is 0 Å². The normalized spacial score (nSPS) is 10.6. The molecule has 1 aromatic heterocycles. The standard InChI is InChI=1S/C14H15BrN4O3S/c1-8(2)16-13(21)17-11(20)7-23-14-19-18-12(22-14)9-5-3-4-6-10(9)15/h3-6,8H,7H2,1-2H3,(H2,16,17,20,21). The van der Waals surface area contributed by atoms with Gasteiger partial charge in [0, 0.05) is 10.5 Å². The van der Waals surface area contributed by atoms with Crippen molar-refractivity contribution in [3.63, 3.8) is 0 Å². The van der Waals surface area contributed by atoms with E-state index in [2.05, 4.69) is 36.8 Å². The Morgan fingerprint density at radius 2 is 2.04 bits per heavy atom. The summed E-state index contributed by atoms with van der Waals surface area (Å²) < 4.78 is 6.34. The van der Waals surface area contributed by atoms with Crippen LogP contribution in [0.3, 0.4) is 0 Å². The highest BCUT2D eigenvalue weighted by Gasteiger charge is 2.14. The van der Waals surface area contributed by atoms with Gasteiger partial charge < -0.3 is 9.73 Å². The SMILES string of the molecule is CC(C)NC(=O)NC(=O)CSc1nnc(-c2ccccc2Br)o1. The first kappa shape index (κ1) is 17.5. The maximum absolute atomic E-state index is 11.6. The molecule has 9 heteroatoms. The number of rotatable bonds is 5. The van der Waals surface area contributed by atoms with Gasteiger partial charge in [0.05, 0.1) is 11.3 Å². The van der Waals surface area contributed by atoms with Gasteiger partial charge in [-0.05, 0) is 41.9 Å². The average molecular weight is 399 g/mol. The molecular weight excluding hydrogens is 384 g/mol. The van der Waals surface area contributed by atoms with E-state index in [0.717, 1.165) is 21.8 Å². The van der Waals surface area contributed by atoms with Crippen molar-refractivity contribution in [2.75, 3.05) is 5.75 Å². The van der Waals surface area contributed by atoms with Crippen LogP contribution in [0.4, 0.5) is 4.79 Å². The first-order chi connectivity index (χ1) is 11.0. The van der Waals surface area contributed by atoms with Crippen LogP contribution in [0.1, 0.15) is 13.8 Å². The summed E-state index contributed by atoms with van der Waals surface area (Å²) in [5.74, 6) is -0.0740. The summed E-state index contributed by atoms with van der Waals surface area (Å²) in [6.45, 7) is 3.61. The summed E-state index contributed by atoms with van der Waals surface area (Å²) in [6, 6.07) is 6.88. The quantitative estimate of drug-likeness (QED) is 0.751. The van der Waals surface area contributed by atoms with Crippen molar-refractivity contribution in [2.24, 2.45) is 0 Å². The smallest absolute Gasteiger partial charge is 0.321 e. The summed E-state index contributed by atoms with van der Waals surface area (Å²) in [7, 11) is 0. The highest BCUT2D eigenvalue weighted by molar-refractivity contribution is 9.10. The fourth-order valence-electron chi connectivity index (χ4n) is 1.60. The first-order valence-electron chi connectivity index (χ1n) is 6.77. The maximum atomic E-state index is 11.6. The number of thioether (sulfide) groups is 1. The van der Waals surface area contributed by atoms with Gasteiger partial charge in [-0.1, -0.05) is 23.9 Å². The van der Waals surface area contributed by atoms with Crippen molar-refractivity contribution >= 4 is 39.6 Å². The van der Waals surface area contributed by atoms with Crippen LogP contribution in [-0.4, -0.2) is 33.9 Å². The van der Waals surface area contributed by atoms with Crippen LogP contribution in [0.25, 0.3) is 11.5 Å². The van der Waals surface area contributed by atoms with Gasteiger partial charge in [0.15, 0.2) is 0 Å². The molecule has 122 valence electrons. The van der Waals surface area contributed by atoms with E-state index in [1.165, 1.54) is 0 Å². The van der Waals surface area contributed by atoms with Gasteiger partial charge in [0.1, 0.15) is 0 Å². The summed E-state index contributed by atoms with van der Waals surface area (Å²) in [5.41, 5.74) is 0.771. The number of hydrogen-bond donors (Lipinski definition) is 2. The number of carbonyl (C=O) groups is 2. The lowest BCUT2D eigenvalue weighted by Crippen LogP contribution is -2.43. The molecule has 0 saturated carbocycles. The lowest BCUT2D eigenvalue weighted by molar-refractivity contribution is -0.117. The summed E-state index contributed by atoms with van der Waals surface area (Å²) >= 11 is 4.47. The van der Waals surface area contributed by atoms with Crippen molar-refractivity contribution in [1.29, 1.82) is 0 Å². The van der Waals surface area contributed by atoms with E-state index < -0.39 is 11.9 Å². The van der Waals surface area contributed by atoms with Crippen molar-refractivity contribution < 1.29 is 14.0 Å². The maximum Gasteiger partial charge on any atom is 0.321 e. The number of benzene rings is 1. The second-order valence-corrected chi connectivity index (χ2v) is 6.60. The molecule has 23 heavy (non-hydrogen) atoms. The Hall–Kier alpha value is -1.87. The second kappa shape index (κ2) is 8.11. The Kier molecular flexibility index (Phi) is 6.17. The van der Waals surface area contributed by atoms with Gasteiger partial charge in [0.2, 0.25) is 11.8 Å². The number of urea groups is 1. The Labute approximate surface area is 145 Å². The third-order valence-electron chi connectivity index (χ3n) is 2.51. The highest BCUT2D eigenvalue weighted by Crippen LogP contribution is 2.28. The Morgan fingerprint density at radius 3 is 2.74 bits per heavy atom. The molecule has 0 spiro atoms. The molecule has 0 aliphatic carbocycles. The van der Waals surface area contributed by atoms with E-state index in [0.29, 0.717) is 5.89 Å². The van der Waals surface area contributed by atoms with Crippen LogP contribution in [0, 0.1) is 0 Å². The molecule has 7 nitrogen and oxygen atoms in total. The summed E-state index contributed by atoms with van der Waals surface area (Å²) in [5, 5.41) is 12.9. The monoisotopic (exact) mass is 398 g/mol. The number of hydrogen-bond acceptors (Lipinski definition) is 6. The molecule has 0 bridgehead atoms. The average Bonchev–Trinajstić information content (AvgIpc) is 2.93. The van der Waals surface area contributed by atoms with Crippen LogP contribution < -0.4 is 10.6 Å². The van der Waals surface area contributed by atoms with Crippen molar-refractivity contribution in [3.8, 4) is 11.5 Å². The summed E-state index contributed by atoms with van der Waals surface area (Å²) in [4.78, 5) is 23.0. The van der Waals surface area contributed by atoms with Gasteiger partial charge in [-0.15, -0.1) is 10.2 Å². The van der Waals surface area contributed by atoms with Crippen molar-refractivity contribution in [2.45, 2.75) is 25.1 Å². The Morgan fingerprint density at radius 1 is 1.30 bits per heavy atom. The molecule has 1 aromatic carbocycles. The number of nitrogens with one attached hydrogen (secondary N) is 2. The van der Waals surface area contributed by atoms with Gasteiger partial charge in [-0.3, -0.25) is 10.1 Å². The van der Waals surface area contributed by atoms with Crippen LogP contribution >= 0.6 is 27.7 Å². The zero-order chi connectivity index (χ0) is 16.8. The van der Waals surface area contributed by atoms with Crippen LogP contribution in [0.5, 0.6) is 0 Å². The molecule has 0 radical (unpaired) electrons. The highest BCUT2D eigenvalue weighted by atomic mass is 79.9. The largest absolute Gasteiger partial charge is 0.411 e. The second-order valence-electron chi connectivity index (χ2n) is 4.82. The Bertz CT molecular complexity index is 705. The molecule has 0 saturated heterocycles. The number of halogens is 1. The molecular formula is C14H15BrN4O3S. The topological polar surface area (TPSA) is 97.1 Å². The van der Waals surface area contributed by atoms with E-state index in [-0.39, 0.29) is 17.0 Å². The summed E-state index contributed by atoms with van der Waals surface area (Å²) in [6.07, 6.45) is 0. The lowest BCUT2D eigenvalue weighted by atomic mass is 10.2. The van der Waals surface area contributed by atoms with Crippen LogP contribution in [-0.2, 0) is 4.79 Å². The van der Waals surface area contributed by atoms with E-state index in [4.69, 9.17) is 4.42 Å². The zero-order valence-electron chi connectivity index (χ0n) is 12.5. The minimum Gasteiger partial charge on any atom is -0.411 e. The molecule has 2 N–H and O–H groups in total. The minimum absolute atomic E-state index is 0.00308. The minimum atomic E-state index is -0.523. The van der Waals surface area contributed by atoms with E-state index in [1.807, 2.05) is 24.3 Å². The molecule has 0 fully saturated rings.